The number of carbonyl (C=O) groups excluding carboxylic acids is 2. The molecule has 1 aromatic rings. The maximum atomic E-state index is 11.9. The van der Waals surface area contributed by atoms with E-state index in [-0.39, 0.29) is 11.8 Å². The summed E-state index contributed by atoms with van der Waals surface area (Å²) >= 11 is 0. The molecule has 6 nitrogen and oxygen atoms in total. The van der Waals surface area contributed by atoms with Crippen LogP contribution in [0.3, 0.4) is 0 Å². The highest BCUT2D eigenvalue weighted by molar-refractivity contribution is 5.96. The number of carbonyl (C=O) groups is 2. The molecule has 1 aromatic carbocycles. The number of unbranched alkanes of at least 4 members (excludes halogenated alkanes) is 1. The minimum Gasteiger partial charge on any atom is -0.486 e. The van der Waals surface area contributed by atoms with Crippen molar-refractivity contribution in [1.82, 2.24) is 10.9 Å². The van der Waals surface area contributed by atoms with E-state index in [4.69, 9.17) is 9.47 Å². The summed E-state index contributed by atoms with van der Waals surface area (Å²) in [6, 6.07) is 4.91. The fourth-order valence-electron chi connectivity index (χ4n) is 1.78. The number of hydrogen-bond acceptors (Lipinski definition) is 4. The van der Waals surface area contributed by atoms with Gasteiger partial charge in [0.05, 0.1) is 0 Å². The van der Waals surface area contributed by atoms with Crippen LogP contribution in [0, 0.1) is 0 Å². The summed E-state index contributed by atoms with van der Waals surface area (Å²) in [5, 5.41) is 0. The van der Waals surface area contributed by atoms with E-state index < -0.39 is 0 Å². The number of fused-ring (bicyclic) bond motifs is 1. The van der Waals surface area contributed by atoms with Gasteiger partial charge in [0.1, 0.15) is 13.2 Å². The fourth-order valence-corrected chi connectivity index (χ4v) is 1.78. The van der Waals surface area contributed by atoms with Crippen LogP contribution in [0.2, 0.25) is 0 Å². The van der Waals surface area contributed by atoms with E-state index >= 15 is 0 Å². The first kappa shape index (κ1) is 14.2. The highest BCUT2D eigenvalue weighted by Crippen LogP contribution is 2.30. The molecule has 2 rings (SSSR count). The van der Waals surface area contributed by atoms with Crippen LogP contribution in [0.4, 0.5) is 0 Å². The van der Waals surface area contributed by atoms with Gasteiger partial charge < -0.3 is 9.47 Å². The minimum absolute atomic E-state index is 0.197. The zero-order valence-electron chi connectivity index (χ0n) is 11.4. The number of rotatable bonds is 4. The average Bonchev–Trinajstić information content (AvgIpc) is 2.50. The van der Waals surface area contributed by atoms with Gasteiger partial charge in [0.15, 0.2) is 11.5 Å². The van der Waals surface area contributed by atoms with E-state index in [9.17, 15) is 9.59 Å². The van der Waals surface area contributed by atoms with Gasteiger partial charge in [0.25, 0.3) is 5.91 Å². The van der Waals surface area contributed by atoms with Crippen LogP contribution in [-0.2, 0) is 4.79 Å². The number of nitrogens with one attached hydrogen (secondary N) is 2. The van der Waals surface area contributed by atoms with Gasteiger partial charge in [0.2, 0.25) is 5.91 Å². The summed E-state index contributed by atoms with van der Waals surface area (Å²) in [7, 11) is 0. The first-order valence-electron chi connectivity index (χ1n) is 6.69. The van der Waals surface area contributed by atoms with Gasteiger partial charge in [-0.25, -0.2) is 0 Å². The third kappa shape index (κ3) is 3.63. The summed E-state index contributed by atoms with van der Waals surface area (Å²) < 4.78 is 10.8. The van der Waals surface area contributed by atoms with Crippen molar-refractivity contribution in [1.29, 1.82) is 0 Å². The molecule has 0 saturated heterocycles. The van der Waals surface area contributed by atoms with Crippen LogP contribution in [0.15, 0.2) is 18.2 Å². The zero-order valence-corrected chi connectivity index (χ0v) is 11.4. The lowest BCUT2D eigenvalue weighted by atomic mass is 10.2. The Morgan fingerprint density at radius 2 is 1.90 bits per heavy atom. The minimum atomic E-state index is -0.383. The maximum absolute atomic E-state index is 11.9. The van der Waals surface area contributed by atoms with Crippen molar-refractivity contribution in [2.45, 2.75) is 26.2 Å². The van der Waals surface area contributed by atoms with E-state index in [2.05, 4.69) is 10.9 Å². The summed E-state index contributed by atoms with van der Waals surface area (Å²) in [6.07, 6.45) is 2.13. The Morgan fingerprint density at radius 1 is 1.15 bits per heavy atom. The highest BCUT2D eigenvalue weighted by Gasteiger charge is 2.15. The standard InChI is InChI=1S/C14H18N2O4/c1-2-3-4-13(17)15-16-14(18)10-5-6-11-12(9-10)20-8-7-19-11/h5-6,9H,2-4,7-8H2,1H3,(H,15,17)(H,16,18). The average molecular weight is 278 g/mol. The van der Waals surface area contributed by atoms with E-state index in [1.807, 2.05) is 6.92 Å². The maximum Gasteiger partial charge on any atom is 0.269 e. The molecule has 0 bridgehead atoms. The molecule has 1 aliphatic heterocycles. The molecule has 0 aromatic heterocycles. The first-order chi connectivity index (χ1) is 9.70. The molecule has 108 valence electrons. The molecule has 2 N–H and O–H groups in total. The quantitative estimate of drug-likeness (QED) is 0.816. The van der Waals surface area contributed by atoms with Crippen LogP contribution in [-0.4, -0.2) is 25.0 Å². The molecule has 20 heavy (non-hydrogen) atoms. The lowest BCUT2D eigenvalue weighted by molar-refractivity contribution is -0.121. The van der Waals surface area contributed by atoms with Crippen LogP contribution in [0.25, 0.3) is 0 Å². The second-order valence-corrected chi connectivity index (χ2v) is 4.46. The topological polar surface area (TPSA) is 76.7 Å². The van der Waals surface area contributed by atoms with Crippen molar-refractivity contribution in [2.24, 2.45) is 0 Å². The van der Waals surface area contributed by atoms with E-state index in [1.54, 1.807) is 18.2 Å². The van der Waals surface area contributed by atoms with Crippen molar-refractivity contribution in [3.05, 3.63) is 23.8 Å². The number of benzene rings is 1. The van der Waals surface area contributed by atoms with Crippen molar-refractivity contribution in [3.8, 4) is 11.5 Å². The first-order valence-corrected chi connectivity index (χ1v) is 6.69. The van der Waals surface area contributed by atoms with Crippen molar-refractivity contribution < 1.29 is 19.1 Å². The molecule has 0 aliphatic carbocycles. The highest BCUT2D eigenvalue weighted by atomic mass is 16.6. The largest absolute Gasteiger partial charge is 0.486 e. The molecular formula is C14H18N2O4. The van der Waals surface area contributed by atoms with E-state index in [0.717, 1.165) is 12.8 Å². The van der Waals surface area contributed by atoms with Crippen LogP contribution >= 0.6 is 0 Å². The van der Waals surface area contributed by atoms with Gasteiger partial charge in [-0.2, -0.15) is 0 Å². The van der Waals surface area contributed by atoms with Crippen LogP contribution < -0.4 is 20.3 Å². The molecule has 1 aliphatic rings. The molecule has 2 amide bonds. The predicted molar refractivity (Wildman–Crippen MR) is 72.6 cm³/mol. The van der Waals surface area contributed by atoms with E-state index in [0.29, 0.717) is 36.7 Å². The SMILES string of the molecule is CCCCC(=O)NNC(=O)c1ccc2c(c1)OCCO2. The lowest BCUT2D eigenvalue weighted by Crippen LogP contribution is -2.41. The van der Waals surface area contributed by atoms with Crippen LogP contribution in [0.5, 0.6) is 11.5 Å². The molecule has 0 spiro atoms. The summed E-state index contributed by atoms with van der Waals surface area (Å²) in [5.41, 5.74) is 5.17. The summed E-state index contributed by atoms with van der Waals surface area (Å²) in [5.74, 6) is 0.588. The molecule has 0 unspecified atom stereocenters. The molecule has 0 atom stereocenters. The Hall–Kier alpha value is -2.24. The van der Waals surface area contributed by atoms with Gasteiger partial charge in [-0.15, -0.1) is 0 Å². The molecule has 1 heterocycles. The molecule has 0 saturated carbocycles. The monoisotopic (exact) mass is 278 g/mol. The van der Waals surface area contributed by atoms with Gasteiger partial charge in [0, 0.05) is 12.0 Å². The predicted octanol–water partition coefficient (Wildman–Crippen LogP) is 1.41. The Bertz CT molecular complexity index is 502. The third-order valence-electron chi connectivity index (χ3n) is 2.88. The summed E-state index contributed by atoms with van der Waals surface area (Å²) in [4.78, 5) is 23.3. The number of amides is 2. The summed E-state index contributed by atoms with van der Waals surface area (Å²) in [6.45, 7) is 2.97. The van der Waals surface area contributed by atoms with Crippen molar-refractivity contribution >= 4 is 11.8 Å². The molecule has 6 heteroatoms. The van der Waals surface area contributed by atoms with Crippen LogP contribution in [0.1, 0.15) is 36.5 Å². The number of hydrogen-bond donors (Lipinski definition) is 2. The fraction of sp³-hybridized carbons (Fsp3) is 0.429. The Balaban J connectivity index is 1.91. The Labute approximate surface area is 117 Å². The van der Waals surface area contributed by atoms with Crippen molar-refractivity contribution in [2.75, 3.05) is 13.2 Å². The van der Waals surface area contributed by atoms with Gasteiger partial charge >= 0.3 is 0 Å². The molecule has 0 fully saturated rings. The van der Waals surface area contributed by atoms with E-state index in [1.165, 1.54) is 0 Å². The smallest absolute Gasteiger partial charge is 0.269 e. The van der Waals surface area contributed by atoms with Crippen molar-refractivity contribution in [3.63, 3.8) is 0 Å². The normalized spacial score (nSPS) is 12.7. The van der Waals surface area contributed by atoms with Gasteiger partial charge in [-0.05, 0) is 24.6 Å². The number of hydrazine groups is 1. The molecule has 0 radical (unpaired) electrons. The second kappa shape index (κ2) is 6.79. The van der Waals surface area contributed by atoms with Gasteiger partial charge in [-0.3, -0.25) is 20.4 Å². The Morgan fingerprint density at radius 3 is 2.65 bits per heavy atom. The lowest BCUT2D eigenvalue weighted by Gasteiger charge is -2.18. The molecular weight excluding hydrogens is 260 g/mol. The van der Waals surface area contributed by atoms with Gasteiger partial charge in [-0.1, -0.05) is 13.3 Å². The zero-order chi connectivity index (χ0) is 14.4. The third-order valence-corrected chi connectivity index (χ3v) is 2.88. The number of ether oxygens (including phenoxy) is 2. The Kier molecular flexibility index (Phi) is 4.81. The second-order valence-electron chi connectivity index (χ2n) is 4.46.